The van der Waals surface area contributed by atoms with Crippen molar-refractivity contribution in [3.05, 3.63) is 92.4 Å². The van der Waals surface area contributed by atoms with Crippen molar-refractivity contribution in [1.29, 1.82) is 0 Å². The highest BCUT2D eigenvalue weighted by Crippen LogP contribution is 2.37. The SMILES string of the molecule is COc1cc(CNCc2ccccc2Cl)cc(Br)c1OCc1ccc(C)cc1. The van der Waals surface area contributed by atoms with E-state index in [9.17, 15) is 0 Å². The van der Waals surface area contributed by atoms with Gasteiger partial charge >= 0.3 is 0 Å². The van der Waals surface area contributed by atoms with Crippen molar-refractivity contribution in [2.24, 2.45) is 0 Å². The molecule has 0 unspecified atom stereocenters. The van der Waals surface area contributed by atoms with Crippen molar-refractivity contribution in [2.45, 2.75) is 26.6 Å². The molecule has 28 heavy (non-hydrogen) atoms. The fraction of sp³-hybridized carbons (Fsp3) is 0.217. The van der Waals surface area contributed by atoms with Crippen molar-refractivity contribution in [2.75, 3.05) is 7.11 Å². The number of rotatable bonds is 8. The first-order valence-electron chi connectivity index (χ1n) is 9.05. The number of nitrogens with one attached hydrogen (secondary N) is 1. The van der Waals surface area contributed by atoms with Gasteiger partial charge in [-0.1, -0.05) is 59.6 Å². The lowest BCUT2D eigenvalue weighted by molar-refractivity contribution is 0.282. The Labute approximate surface area is 179 Å². The zero-order chi connectivity index (χ0) is 19.9. The zero-order valence-electron chi connectivity index (χ0n) is 16.0. The van der Waals surface area contributed by atoms with Gasteiger partial charge in [-0.2, -0.15) is 0 Å². The molecule has 3 rings (SSSR count). The zero-order valence-corrected chi connectivity index (χ0v) is 18.3. The Morgan fingerprint density at radius 1 is 0.964 bits per heavy atom. The molecule has 0 radical (unpaired) electrons. The topological polar surface area (TPSA) is 30.5 Å². The van der Waals surface area contributed by atoms with E-state index < -0.39 is 0 Å². The Morgan fingerprint density at radius 3 is 2.43 bits per heavy atom. The minimum atomic E-state index is 0.485. The van der Waals surface area contributed by atoms with Crippen LogP contribution in [0.15, 0.2) is 65.1 Å². The molecule has 0 amide bonds. The third kappa shape index (κ3) is 5.51. The van der Waals surface area contributed by atoms with Crippen molar-refractivity contribution in [1.82, 2.24) is 5.32 Å². The summed E-state index contributed by atoms with van der Waals surface area (Å²) in [5, 5.41) is 4.19. The predicted octanol–water partition coefficient (Wildman–Crippen LogP) is 6.29. The lowest BCUT2D eigenvalue weighted by Crippen LogP contribution is -2.13. The molecule has 0 heterocycles. The first-order chi connectivity index (χ1) is 13.6. The van der Waals surface area contributed by atoms with Gasteiger partial charge in [-0.15, -0.1) is 0 Å². The van der Waals surface area contributed by atoms with Crippen LogP contribution in [0.1, 0.15) is 22.3 Å². The molecule has 0 saturated heterocycles. The fourth-order valence-electron chi connectivity index (χ4n) is 2.84. The summed E-state index contributed by atoms with van der Waals surface area (Å²) in [5.41, 5.74) is 4.52. The second-order valence-electron chi connectivity index (χ2n) is 6.58. The van der Waals surface area contributed by atoms with E-state index in [1.807, 2.05) is 36.4 Å². The average Bonchev–Trinajstić information content (AvgIpc) is 2.69. The summed E-state index contributed by atoms with van der Waals surface area (Å²) in [6.07, 6.45) is 0. The lowest BCUT2D eigenvalue weighted by Gasteiger charge is -2.15. The van der Waals surface area contributed by atoms with Gasteiger partial charge in [-0.3, -0.25) is 0 Å². The van der Waals surface area contributed by atoms with Crippen molar-refractivity contribution >= 4 is 27.5 Å². The number of methoxy groups -OCH3 is 1. The summed E-state index contributed by atoms with van der Waals surface area (Å²) in [7, 11) is 1.65. The molecule has 0 aliphatic carbocycles. The van der Waals surface area contributed by atoms with Crippen LogP contribution in [0.25, 0.3) is 0 Å². The van der Waals surface area contributed by atoms with Crippen LogP contribution in [0.4, 0.5) is 0 Å². The smallest absolute Gasteiger partial charge is 0.175 e. The quantitative estimate of drug-likeness (QED) is 0.428. The summed E-state index contributed by atoms with van der Waals surface area (Å²) in [6.45, 7) is 3.95. The van der Waals surface area contributed by atoms with E-state index >= 15 is 0 Å². The van der Waals surface area contributed by atoms with Gasteiger partial charge in [0.05, 0.1) is 11.6 Å². The van der Waals surface area contributed by atoms with Gasteiger partial charge in [-0.25, -0.2) is 0 Å². The summed E-state index contributed by atoms with van der Waals surface area (Å²) in [4.78, 5) is 0. The van der Waals surface area contributed by atoms with Crippen LogP contribution in [-0.4, -0.2) is 7.11 Å². The standard InChI is InChI=1S/C23H23BrClNO2/c1-16-7-9-17(10-8-16)15-28-23-20(24)11-18(12-22(23)27-2)13-26-14-19-5-3-4-6-21(19)25/h3-12,26H,13-15H2,1-2H3. The Bertz CT molecular complexity index is 928. The predicted molar refractivity (Wildman–Crippen MR) is 118 cm³/mol. The second-order valence-corrected chi connectivity index (χ2v) is 7.84. The molecular weight excluding hydrogens is 438 g/mol. The molecule has 0 aliphatic heterocycles. The van der Waals surface area contributed by atoms with Crippen LogP contribution < -0.4 is 14.8 Å². The maximum Gasteiger partial charge on any atom is 0.175 e. The van der Waals surface area contributed by atoms with Gasteiger partial charge in [0.2, 0.25) is 0 Å². The second kappa shape index (κ2) is 9.97. The van der Waals surface area contributed by atoms with E-state index in [1.165, 1.54) is 5.56 Å². The van der Waals surface area contributed by atoms with Crippen LogP contribution in [0.3, 0.4) is 0 Å². The minimum Gasteiger partial charge on any atom is -0.493 e. The number of aryl methyl sites for hydroxylation is 1. The molecule has 3 aromatic carbocycles. The van der Waals surface area contributed by atoms with Crippen molar-refractivity contribution in [3.63, 3.8) is 0 Å². The van der Waals surface area contributed by atoms with E-state index in [0.717, 1.165) is 26.2 Å². The van der Waals surface area contributed by atoms with Gasteiger partial charge in [-0.05, 0) is 57.7 Å². The molecule has 0 saturated carbocycles. The Balaban J connectivity index is 1.65. The van der Waals surface area contributed by atoms with Gasteiger partial charge < -0.3 is 14.8 Å². The Morgan fingerprint density at radius 2 is 1.71 bits per heavy atom. The Kier molecular flexibility index (Phi) is 7.37. The van der Waals surface area contributed by atoms with Gasteiger partial charge in [0.1, 0.15) is 6.61 Å². The van der Waals surface area contributed by atoms with Gasteiger partial charge in [0.25, 0.3) is 0 Å². The maximum absolute atomic E-state index is 6.21. The van der Waals surface area contributed by atoms with Crippen LogP contribution in [0.2, 0.25) is 5.02 Å². The highest BCUT2D eigenvalue weighted by molar-refractivity contribution is 9.10. The molecule has 5 heteroatoms. The molecule has 0 atom stereocenters. The van der Waals surface area contributed by atoms with Gasteiger partial charge in [0, 0.05) is 18.1 Å². The fourth-order valence-corrected chi connectivity index (χ4v) is 3.64. The lowest BCUT2D eigenvalue weighted by atomic mass is 10.1. The summed E-state index contributed by atoms with van der Waals surface area (Å²) >= 11 is 9.83. The molecule has 0 aliphatic rings. The summed E-state index contributed by atoms with van der Waals surface area (Å²) in [5.74, 6) is 1.41. The highest BCUT2D eigenvalue weighted by Gasteiger charge is 2.12. The number of halogens is 2. The molecular formula is C23H23BrClNO2. The number of benzene rings is 3. The van der Waals surface area contributed by atoms with E-state index in [-0.39, 0.29) is 0 Å². The average molecular weight is 461 g/mol. The number of hydrogen-bond donors (Lipinski definition) is 1. The summed E-state index contributed by atoms with van der Waals surface area (Å²) in [6, 6.07) is 20.2. The van der Waals surface area contributed by atoms with Crippen LogP contribution in [0, 0.1) is 6.92 Å². The number of ether oxygens (including phenoxy) is 2. The Hall–Kier alpha value is -2.01. The molecule has 0 bridgehead atoms. The monoisotopic (exact) mass is 459 g/mol. The molecule has 0 fully saturated rings. The van der Waals surface area contributed by atoms with E-state index in [4.69, 9.17) is 21.1 Å². The molecule has 0 spiro atoms. The van der Waals surface area contributed by atoms with Crippen LogP contribution in [0.5, 0.6) is 11.5 Å². The normalized spacial score (nSPS) is 10.7. The maximum atomic E-state index is 6.21. The van der Waals surface area contributed by atoms with Crippen LogP contribution in [-0.2, 0) is 19.7 Å². The summed E-state index contributed by atoms with van der Waals surface area (Å²) < 4.78 is 12.4. The molecule has 0 aromatic heterocycles. The van der Waals surface area contributed by atoms with Crippen molar-refractivity contribution < 1.29 is 9.47 Å². The molecule has 1 N–H and O–H groups in total. The molecule has 3 aromatic rings. The first-order valence-corrected chi connectivity index (χ1v) is 10.2. The van der Waals surface area contributed by atoms with E-state index in [1.54, 1.807) is 7.11 Å². The third-order valence-electron chi connectivity index (χ3n) is 4.40. The molecule has 3 nitrogen and oxygen atoms in total. The highest BCUT2D eigenvalue weighted by atomic mass is 79.9. The molecule has 146 valence electrons. The largest absolute Gasteiger partial charge is 0.493 e. The third-order valence-corrected chi connectivity index (χ3v) is 5.35. The van der Waals surface area contributed by atoms with E-state index in [0.29, 0.717) is 31.2 Å². The number of hydrogen-bond acceptors (Lipinski definition) is 3. The van der Waals surface area contributed by atoms with Gasteiger partial charge in [0.15, 0.2) is 11.5 Å². The first kappa shape index (κ1) is 20.7. The van der Waals surface area contributed by atoms with Crippen LogP contribution >= 0.6 is 27.5 Å². The van der Waals surface area contributed by atoms with Crippen molar-refractivity contribution in [3.8, 4) is 11.5 Å². The minimum absolute atomic E-state index is 0.485. The van der Waals surface area contributed by atoms with E-state index in [2.05, 4.69) is 52.4 Å².